The van der Waals surface area contributed by atoms with Crippen LogP contribution in [0.5, 0.6) is 0 Å². The van der Waals surface area contributed by atoms with Crippen molar-refractivity contribution in [2.24, 2.45) is 5.92 Å². The average molecular weight is 407 g/mol. The maximum atomic E-state index is 10.8. The summed E-state index contributed by atoms with van der Waals surface area (Å²) in [6.45, 7) is 17.5. The van der Waals surface area contributed by atoms with Gasteiger partial charge in [0.15, 0.2) is 16.6 Å². The van der Waals surface area contributed by atoms with Gasteiger partial charge in [-0.15, -0.1) is 0 Å². The highest BCUT2D eigenvalue weighted by atomic mass is 28.5. The Hall–Kier alpha value is 0.0406. The van der Waals surface area contributed by atoms with E-state index in [4.69, 9.17) is 13.3 Å². The van der Waals surface area contributed by atoms with Crippen molar-refractivity contribution in [1.82, 2.24) is 0 Å². The van der Waals surface area contributed by atoms with E-state index in [1.54, 1.807) is 6.92 Å². The lowest BCUT2D eigenvalue weighted by Crippen LogP contribution is -2.51. The number of carboxylic acid groups (broad SMARTS) is 1. The van der Waals surface area contributed by atoms with Crippen molar-refractivity contribution < 1.29 is 18.1 Å². The van der Waals surface area contributed by atoms with Crippen LogP contribution in [0.25, 0.3) is 0 Å². The molecular formula is C18H42O4Si3. The van der Waals surface area contributed by atoms with E-state index in [0.717, 1.165) is 19.3 Å². The van der Waals surface area contributed by atoms with Crippen molar-refractivity contribution in [2.75, 3.05) is 0 Å². The molecule has 0 radical (unpaired) electrons. The fourth-order valence-electron chi connectivity index (χ4n) is 3.31. The molecule has 0 heterocycles. The Morgan fingerprint density at radius 2 is 1.32 bits per heavy atom. The summed E-state index contributed by atoms with van der Waals surface area (Å²) in [7, 11) is -5.19. The maximum absolute atomic E-state index is 10.8. The number of carboxylic acids is 1. The molecular weight excluding hydrogens is 364 g/mol. The van der Waals surface area contributed by atoms with E-state index in [1.165, 1.54) is 31.7 Å². The van der Waals surface area contributed by atoms with Crippen LogP contribution in [-0.2, 0) is 13.0 Å². The lowest BCUT2D eigenvalue weighted by molar-refractivity contribution is -0.141. The summed E-state index contributed by atoms with van der Waals surface area (Å²) in [6, 6.07) is 1.20. The lowest BCUT2D eigenvalue weighted by Gasteiger charge is -2.37. The fraction of sp³-hybridized carbons (Fsp3) is 0.944. The van der Waals surface area contributed by atoms with Crippen LogP contribution < -0.4 is 0 Å². The molecule has 0 aromatic carbocycles. The van der Waals surface area contributed by atoms with Crippen molar-refractivity contribution in [3.63, 3.8) is 0 Å². The first-order valence-corrected chi connectivity index (χ1v) is 19.2. The number of hydrogen-bond donors (Lipinski definition) is 1. The van der Waals surface area contributed by atoms with Crippen LogP contribution in [0, 0.1) is 5.92 Å². The Bertz CT molecular complexity index is 392. The molecule has 0 saturated heterocycles. The Balaban J connectivity index is 3.87. The molecule has 0 saturated carbocycles. The Morgan fingerprint density at radius 1 is 0.840 bits per heavy atom. The molecule has 1 atom stereocenters. The molecule has 1 N–H and O–H groups in total. The Kier molecular flexibility index (Phi) is 11.0. The number of aliphatic carboxylic acids is 1. The quantitative estimate of drug-likeness (QED) is 0.275. The van der Waals surface area contributed by atoms with Gasteiger partial charge in [0.1, 0.15) is 0 Å². The molecule has 1 unspecified atom stereocenters. The van der Waals surface area contributed by atoms with Gasteiger partial charge in [0, 0.05) is 0 Å². The summed E-state index contributed by atoms with van der Waals surface area (Å²) in [5, 5.41) is 8.86. The molecule has 0 bridgehead atoms. The van der Waals surface area contributed by atoms with E-state index in [1.807, 2.05) is 0 Å². The Labute approximate surface area is 159 Å². The normalized spacial score (nSPS) is 14.6. The second-order valence-electron chi connectivity index (χ2n) is 9.38. The van der Waals surface area contributed by atoms with Gasteiger partial charge in [0.2, 0.25) is 0 Å². The molecule has 0 aliphatic rings. The van der Waals surface area contributed by atoms with Crippen LogP contribution in [0.2, 0.25) is 51.9 Å². The Morgan fingerprint density at radius 3 is 1.80 bits per heavy atom. The lowest BCUT2D eigenvalue weighted by atomic mass is 10.0. The molecule has 7 heteroatoms. The number of rotatable bonds is 14. The molecule has 0 rings (SSSR count). The SMILES string of the molecule is CC(CCCCCCCC[Si](C)(C)O[Si](C)(C)O[Si](C)(C)C)C(=O)O. The minimum Gasteiger partial charge on any atom is -0.481 e. The topological polar surface area (TPSA) is 55.8 Å². The summed E-state index contributed by atoms with van der Waals surface area (Å²) in [6.07, 6.45) is 7.95. The molecule has 0 spiro atoms. The van der Waals surface area contributed by atoms with Crippen LogP contribution in [0.15, 0.2) is 0 Å². The molecule has 4 nitrogen and oxygen atoms in total. The highest BCUT2D eigenvalue weighted by Gasteiger charge is 2.37. The third kappa shape index (κ3) is 14.9. The van der Waals surface area contributed by atoms with Gasteiger partial charge in [-0.1, -0.05) is 45.4 Å². The van der Waals surface area contributed by atoms with Crippen molar-refractivity contribution in [2.45, 2.75) is 104 Å². The van der Waals surface area contributed by atoms with Crippen LogP contribution in [0.3, 0.4) is 0 Å². The standard InChI is InChI=1S/C18H42O4Si3/c1-17(18(19)20)15-13-11-9-10-12-14-16-24(5,6)22-25(7,8)21-23(2,3)4/h17H,9-16H2,1-8H3,(H,19,20). The fourth-order valence-corrected chi connectivity index (χ4v) is 16.6. The van der Waals surface area contributed by atoms with Crippen molar-refractivity contribution >= 4 is 31.2 Å². The number of unbranched alkanes of at least 4 members (excludes halogenated alkanes) is 5. The molecule has 25 heavy (non-hydrogen) atoms. The molecule has 0 aromatic rings. The highest BCUT2D eigenvalue weighted by Crippen LogP contribution is 2.24. The van der Waals surface area contributed by atoms with E-state index in [0.29, 0.717) is 0 Å². The second-order valence-corrected chi connectivity index (χ2v) is 22.1. The third-order valence-corrected chi connectivity index (χ3v) is 14.3. The van der Waals surface area contributed by atoms with E-state index in [-0.39, 0.29) is 5.92 Å². The molecule has 0 aromatic heterocycles. The summed E-state index contributed by atoms with van der Waals surface area (Å²) in [5.41, 5.74) is 0. The van der Waals surface area contributed by atoms with Crippen LogP contribution in [0.4, 0.5) is 0 Å². The molecule has 0 amide bonds. The molecule has 0 fully saturated rings. The maximum Gasteiger partial charge on any atom is 0.311 e. The largest absolute Gasteiger partial charge is 0.481 e. The average Bonchev–Trinajstić information content (AvgIpc) is 2.36. The molecule has 0 aliphatic heterocycles. The zero-order valence-electron chi connectivity index (χ0n) is 17.9. The van der Waals surface area contributed by atoms with Gasteiger partial charge in [-0.2, -0.15) is 0 Å². The van der Waals surface area contributed by atoms with E-state index >= 15 is 0 Å². The van der Waals surface area contributed by atoms with Crippen molar-refractivity contribution in [3.05, 3.63) is 0 Å². The van der Waals surface area contributed by atoms with Crippen molar-refractivity contribution in [1.29, 1.82) is 0 Å². The predicted molar refractivity (Wildman–Crippen MR) is 114 cm³/mol. The highest BCUT2D eigenvalue weighted by molar-refractivity contribution is 6.87. The minimum absolute atomic E-state index is 0.199. The van der Waals surface area contributed by atoms with Gasteiger partial charge in [0.05, 0.1) is 5.92 Å². The predicted octanol–water partition coefficient (Wildman–Crippen LogP) is 6.21. The zero-order valence-corrected chi connectivity index (χ0v) is 20.9. The van der Waals surface area contributed by atoms with Crippen LogP contribution in [0.1, 0.15) is 51.9 Å². The van der Waals surface area contributed by atoms with Gasteiger partial charge in [-0.25, -0.2) is 0 Å². The summed E-state index contributed by atoms with van der Waals surface area (Å²) < 4.78 is 12.8. The zero-order chi connectivity index (χ0) is 19.7. The first-order valence-electron chi connectivity index (χ1n) is 9.87. The van der Waals surface area contributed by atoms with Gasteiger partial charge in [-0.05, 0) is 58.3 Å². The van der Waals surface area contributed by atoms with Gasteiger partial charge in [0.25, 0.3) is 0 Å². The smallest absolute Gasteiger partial charge is 0.311 e. The third-order valence-electron chi connectivity index (χ3n) is 4.16. The molecule has 150 valence electrons. The number of carbonyl (C=O) groups is 1. The van der Waals surface area contributed by atoms with E-state index in [9.17, 15) is 4.79 Å². The van der Waals surface area contributed by atoms with Crippen LogP contribution >= 0.6 is 0 Å². The van der Waals surface area contributed by atoms with Crippen molar-refractivity contribution in [3.8, 4) is 0 Å². The van der Waals surface area contributed by atoms with E-state index < -0.39 is 31.2 Å². The minimum atomic E-state index is -2.00. The van der Waals surface area contributed by atoms with Gasteiger partial charge < -0.3 is 13.3 Å². The summed E-state index contributed by atoms with van der Waals surface area (Å²) in [5.74, 6) is -0.869. The van der Waals surface area contributed by atoms with Gasteiger partial charge in [-0.3, -0.25) is 4.79 Å². The summed E-state index contributed by atoms with van der Waals surface area (Å²) >= 11 is 0. The first-order chi connectivity index (χ1) is 11.2. The summed E-state index contributed by atoms with van der Waals surface area (Å²) in [4.78, 5) is 10.8. The second kappa shape index (κ2) is 11.0. The molecule has 0 aliphatic carbocycles. The monoisotopic (exact) mass is 406 g/mol. The van der Waals surface area contributed by atoms with Crippen LogP contribution in [-0.4, -0.2) is 36.3 Å². The first kappa shape index (κ1) is 25.0. The van der Waals surface area contributed by atoms with Gasteiger partial charge >= 0.3 is 14.5 Å². The number of hydrogen-bond acceptors (Lipinski definition) is 3. The van der Waals surface area contributed by atoms with E-state index in [2.05, 4.69) is 45.8 Å².